The molecule has 0 atom stereocenters. The number of thioether (sulfide) groups is 1. The molecule has 3 aromatic rings. The van der Waals surface area contributed by atoms with Gasteiger partial charge >= 0.3 is 0 Å². The minimum absolute atomic E-state index is 0.770. The molecular formula is C16H15ClN4S. The Balaban J connectivity index is 1.54. The van der Waals surface area contributed by atoms with E-state index in [9.17, 15) is 0 Å². The van der Waals surface area contributed by atoms with Gasteiger partial charge in [0.15, 0.2) is 5.82 Å². The molecule has 22 heavy (non-hydrogen) atoms. The third-order valence-electron chi connectivity index (χ3n) is 3.16. The van der Waals surface area contributed by atoms with E-state index in [0.29, 0.717) is 0 Å². The lowest BCUT2D eigenvalue weighted by molar-refractivity contribution is 0.747. The number of rotatable bonds is 6. The summed E-state index contributed by atoms with van der Waals surface area (Å²) in [6, 6.07) is 17.9. The van der Waals surface area contributed by atoms with Crippen molar-refractivity contribution >= 4 is 23.4 Å². The number of hydrogen-bond acceptors (Lipinski definition) is 4. The molecule has 0 amide bonds. The summed E-state index contributed by atoms with van der Waals surface area (Å²) < 4.78 is 1.80. The van der Waals surface area contributed by atoms with Gasteiger partial charge in [-0.2, -0.15) is 4.68 Å². The Kier molecular flexibility index (Phi) is 5.08. The molecule has 1 heterocycles. The number of hydrogen-bond donors (Lipinski definition) is 0. The summed E-state index contributed by atoms with van der Waals surface area (Å²) in [6.45, 7) is 0. The minimum Gasteiger partial charge on any atom is -0.197 e. The Labute approximate surface area is 138 Å². The van der Waals surface area contributed by atoms with Crippen molar-refractivity contribution < 1.29 is 0 Å². The van der Waals surface area contributed by atoms with E-state index in [1.165, 1.54) is 4.90 Å². The zero-order valence-electron chi connectivity index (χ0n) is 11.9. The van der Waals surface area contributed by atoms with Crippen LogP contribution < -0.4 is 0 Å². The number of tetrazole rings is 1. The predicted octanol–water partition coefficient (Wildman–Crippen LogP) is 4.04. The molecule has 2 aromatic carbocycles. The van der Waals surface area contributed by atoms with E-state index >= 15 is 0 Å². The first-order valence-electron chi connectivity index (χ1n) is 7.04. The minimum atomic E-state index is 0.770. The second-order valence-corrected chi connectivity index (χ2v) is 6.35. The van der Waals surface area contributed by atoms with Crippen molar-refractivity contribution in [2.45, 2.75) is 17.7 Å². The molecule has 0 aliphatic carbocycles. The summed E-state index contributed by atoms with van der Waals surface area (Å²) >= 11 is 7.70. The van der Waals surface area contributed by atoms with E-state index in [0.717, 1.165) is 35.1 Å². The van der Waals surface area contributed by atoms with Gasteiger partial charge in [-0.1, -0.05) is 29.8 Å². The van der Waals surface area contributed by atoms with Crippen LogP contribution in [0.2, 0.25) is 5.02 Å². The molecule has 0 N–H and O–H groups in total. The first kappa shape index (κ1) is 15.1. The van der Waals surface area contributed by atoms with Gasteiger partial charge in [-0.25, -0.2) is 0 Å². The molecule has 0 bridgehead atoms. The average Bonchev–Trinajstić information content (AvgIpc) is 3.02. The van der Waals surface area contributed by atoms with Crippen molar-refractivity contribution in [1.29, 1.82) is 0 Å². The van der Waals surface area contributed by atoms with Gasteiger partial charge in [-0.15, -0.1) is 16.9 Å². The quantitative estimate of drug-likeness (QED) is 0.505. The van der Waals surface area contributed by atoms with Crippen LogP contribution in [0.25, 0.3) is 5.69 Å². The SMILES string of the molecule is Clc1ccc(SCCCc2nnnn2-c2ccccc2)cc1. The van der Waals surface area contributed by atoms with E-state index in [1.54, 1.807) is 4.68 Å². The standard InChI is InChI=1S/C16H15ClN4S/c17-13-8-10-15(11-9-13)22-12-4-7-16-18-19-20-21(16)14-5-2-1-3-6-14/h1-3,5-6,8-11H,4,7,12H2. The summed E-state index contributed by atoms with van der Waals surface area (Å²) in [5, 5.41) is 12.7. The molecule has 4 nitrogen and oxygen atoms in total. The van der Waals surface area contributed by atoms with Crippen LogP contribution in [-0.2, 0) is 6.42 Å². The van der Waals surface area contributed by atoms with Gasteiger partial charge in [-0.3, -0.25) is 0 Å². The van der Waals surface area contributed by atoms with Crippen LogP contribution in [0.5, 0.6) is 0 Å². The molecule has 0 aliphatic heterocycles. The third kappa shape index (κ3) is 3.87. The van der Waals surface area contributed by atoms with Gasteiger partial charge < -0.3 is 0 Å². The van der Waals surface area contributed by atoms with Crippen molar-refractivity contribution in [1.82, 2.24) is 20.2 Å². The smallest absolute Gasteiger partial charge is 0.156 e. The highest BCUT2D eigenvalue weighted by atomic mass is 35.5. The molecular weight excluding hydrogens is 316 g/mol. The topological polar surface area (TPSA) is 43.6 Å². The molecule has 0 saturated heterocycles. The van der Waals surface area contributed by atoms with Gasteiger partial charge in [-0.05, 0) is 59.0 Å². The molecule has 0 radical (unpaired) electrons. The maximum Gasteiger partial charge on any atom is 0.156 e. The van der Waals surface area contributed by atoms with Crippen LogP contribution in [0, 0.1) is 0 Å². The van der Waals surface area contributed by atoms with Gasteiger partial charge in [0.1, 0.15) is 0 Å². The number of para-hydroxylation sites is 1. The van der Waals surface area contributed by atoms with Crippen molar-refractivity contribution in [2.24, 2.45) is 0 Å². The number of halogens is 1. The normalized spacial score (nSPS) is 10.8. The largest absolute Gasteiger partial charge is 0.197 e. The van der Waals surface area contributed by atoms with Crippen LogP contribution in [0.1, 0.15) is 12.2 Å². The van der Waals surface area contributed by atoms with Crippen LogP contribution in [0.4, 0.5) is 0 Å². The number of benzene rings is 2. The molecule has 0 spiro atoms. The monoisotopic (exact) mass is 330 g/mol. The fourth-order valence-electron chi connectivity index (χ4n) is 2.08. The number of aryl methyl sites for hydroxylation is 1. The van der Waals surface area contributed by atoms with Crippen LogP contribution in [0.3, 0.4) is 0 Å². The van der Waals surface area contributed by atoms with Gasteiger partial charge in [0.25, 0.3) is 0 Å². The predicted molar refractivity (Wildman–Crippen MR) is 89.7 cm³/mol. The average molecular weight is 331 g/mol. The molecule has 0 unspecified atom stereocenters. The van der Waals surface area contributed by atoms with Gasteiger partial charge in [0, 0.05) is 16.3 Å². The Bertz CT molecular complexity index is 713. The zero-order chi connectivity index (χ0) is 15.2. The van der Waals surface area contributed by atoms with Crippen LogP contribution in [-0.4, -0.2) is 26.0 Å². The highest BCUT2D eigenvalue weighted by Gasteiger charge is 2.07. The number of nitrogens with zero attached hydrogens (tertiary/aromatic N) is 4. The first-order valence-corrected chi connectivity index (χ1v) is 8.40. The van der Waals surface area contributed by atoms with E-state index in [1.807, 2.05) is 66.4 Å². The lowest BCUT2D eigenvalue weighted by atomic mass is 10.3. The molecule has 0 saturated carbocycles. The second kappa shape index (κ2) is 7.42. The lowest BCUT2D eigenvalue weighted by Gasteiger charge is -2.04. The molecule has 112 valence electrons. The Morgan fingerprint density at radius 3 is 2.55 bits per heavy atom. The van der Waals surface area contributed by atoms with Crippen molar-refractivity contribution in [2.75, 3.05) is 5.75 Å². The van der Waals surface area contributed by atoms with E-state index in [4.69, 9.17) is 11.6 Å². The maximum absolute atomic E-state index is 5.88. The highest BCUT2D eigenvalue weighted by molar-refractivity contribution is 7.99. The van der Waals surface area contributed by atoms with Gasteiger partial charge in [0.2, 0.25) is 0 Å². The molecule has 1 aromatic heterocycles. The van der Waals surface area contributed by atoms with Crippen LogP contribution >= 0.6 is 23.4 Å². The fourth-order valence-corrected chi connectivity index (χ4v) is 3.06. The number of aromatic nitrogens is 4. The summed E-state index contributed by atoms with van der Waals surface area (Å²) in [5.74, 6) is 1.91. The summed E-state index contributed by atoms with van der Waals surface area (Å²) in [6.07, 6.45) is 1.86. The molecule has 3 rings (SSSR count). The van der Waals surface area contributed by atoms with Crippen molar-refractivity contribution in [3.63, 3.8) is 0 Å². The van der Waals surface area contributed by atoms with Crippen molar-refractivity contribution in [3.8, 4) is 5.69 Å². The summed E-state index contributed by atoms with van der Waals surface area (Å²) in [5.41, 5.74) is 0.993. The Morgan fingerprint density at radius 2 is 1.77 bits per heavy atom. The molecule has 0 aliphatic rings. The Hall–Kier alpha value is -1.85. The van der Waals surface area contributed by atoms with Gasteiger partial charge in [0.05, 0.1) is 5.69 Å². The lowest BCUT2D eigenvalue weighted by Crippen LogP contribution is -2.03. The first-order chi connectivity index (χ1) is 10.8. The molecule has 6 heteroatoms. The Morgan fingerprint density at radius 1 is 1.00 bits per heavy atom. The second-order valence-electron chi connectivity index (χ2n) is 4.75. The maximum atomic E-state index is 5.88. The zero-order valence-corrected chi connectivity index (χ0v) is 13.5. The van der Waals surface area contributed by atoms with E-state index in [2.05, 4.69) is 15.5 Å². The van der Waals surface area contributed by atoms with Crippen molar-refractivity contribution in [3.05, 3.63) is 65.4 Å². The van der Waals surface area contributed by atoms with Crippen LogP contribution in [0.15, 0.2) is 59.5 Å². The van der Waals surface area contributed by atoms with E-state index in [-0.39, 0.29) is 0 Å². The highest BCUT2D eigenvalue weighted by Crippen LogP contribution is 2.21. The summed E-state index contributed by atoms with van der Waals surface area (Å²) in [7, 11) is 0. The summed E-state index contributed by atoms with van der Waals surface area (Å²) in [4.78, 5) is 1.23. The molecule has 0 fully saturated rings. The van der Waals surface area contributed by atoms with E-state index < -0.39 is 0 Å². The fraction of sp³-hybridized carbons (Fsp3) is 0.188. The third-order valence-corrected chi connectivity index (χ3v) is 4.51.